The van der Waals surface area contributed by atoms with Crippen LogP contribution in [0.15, 0.2) is 23.1 Å². The first-order chi connectivity index (χ1) is 9.05. The molecule has 0 aliphatic heterocycles. The zero-order valence-corrected chi connectivity index (χ0v) is 13.0. The van der Waals surface area contributed by atoms with Gasteiger partial charge in [-0.3, -0.25) is 0 Å². The van der Waals surface area contributed by atoms with Crippen molar-refractivity contribution in [2.24, 2.45) is 0 Å². The Balaban J connectivity index is 3.04. The smallest absolute Gasteiger partial charge is 0.244 e. The van der Waals surface area contributed by atoms with E-state index in [9.17, 15) is 8.42 Å². The molecule has 1 rings (SSSR count). The second-order valence-electron chi connectivity index (χ2n) is 3.91. The maximum atomic E-state index is 12.2. The van der Waals surface area contributed by atoms with Crippen LogP contribution in [0.3, 0.4) is 0 Å². The van der Waals surface area contributed by atoms with Crippen molar-refractivity contribution in [1.82, 2.24) is 10.0 Å². The predicted octanol–water partition coefficient (Wildman–Crippen LogP) is 1.06. The van der Waals surface area contributed by atoms with E-state index < -0.39 is 10.0 Å². The minimum atomic E-state index is -3.53. The topological polar surface area (TPSA) is 67.4 Å². The summed E-state index contributed by atoms with van der Waals surface area (Å²) >= 11 is 1.59. The lowest BCUT2D eigenvalue weighted by Crippen LogP contribution is -2.26. The van der Waals surface area contributed by atoms with Crippen molar-refractivity contribution in [3.05, 3.63) is 23.8 Å². The zero-order valence-electron chi connectivity index (χ0n) is 11.4. The largest absolute Gasteiger partial charge is 0.495 e. The van der Waals surface area contributed by atoms with E-state index in [0.29, 0.717) is 18.8 Å². The van der Waals surface area contributed by atoms with Crippen LogP contribution in [0, 0.1) is 0 Å². The second kappa shape index (κ2) is 7.74. The Morgan fingerprint density at radius 2 is 2.11 bits per heavy atom. The number of sulfonamides is 1. The number of hydrogen-bond acceptors (Lipinski definition) is 5. The van der Waals surface area contributed by atoms with E-state index in [-0.39, 0.29) is 4.90 Å². The summed E-state index contributed by atoms with van der Waals surface area (Å²) in [5.41, 5.74) is 0.897. The van der Waals surface area contributed by atoms with Gasteiger partial charge in [0.2, 0.25) is 10.0 Å². The van der Waals surface area contributed by atoms with Crippen molar-refractivity contribution in [2.45, 2.75) is 11.4 Å². The predicted molar refractivity (Wildman–Crippen MR) is 79.3 cm³/mol. The lowest BCUT2D eigenvalue weighted by atomic mass is 10.2. The Morgan fingerprint density at radius 3 is 2.68 bits per heavy atom. The molecule has 0 atom stereocenters. The normalized spacial score (nSPS) is 11.5. The molecule has 1 aromatic carbocycles. The van der Waals surface area contributed by atoms with Crippen molar-refractivity contribution in [2.75, 3.05) is 32.7 Å². The molecule has 5 nitrogen and oxygen atoms in total. The molecule has 7 heteroatoms. The summed E-state index contributed by atoms with van der Waals surface area (Å²) in [7, 11) is -0.251. The van der Waals surface area contributed by atoms with Crippen LogP contribution in [0.4, 0.5) is 0 Å². The first-order valence-electron chi connectivity index (χ1n) is 5.85. The minimum Gasteiger partial charge on any atom is -0.495 e. The highest BCUT2D eigenvalue weighted by molar-refractivity contribution is 7.98. The van der Waals surface area contributed by atoms with Gasteiger partial charge in [0, 0.05) is 18.8 Å². The fraction of sp³-hybridized carbons (Fsp3) is 0.500. The molecule has 0 aromatic heterocycles. The molecule has 0 saturated carbocycles. The third-order valence-corrected chi connectivity index (χ3v) is 4.59. The maximum absolute atomic E-state index is 12.2. The highest BCUT2D eigenvalue weighted by Crippen LogP contribution is 2.24. The number of ether oxygens (including phenoxy) is 1. The SMILES string of the molecule is CNCc1ccc(OC)c(S(=O)(=O)NCCSC)c1. The highest BCUT2D eigenvalue weighted by Gasteiger charge is 2.19. The lowest BCUT2D eigenvalue weighted by Gasteiger charge is -2.12. The number of benzene rings is 1. The first-order valence-corrected chi connectivity index (χ1v) is 8.73. The van der Waals surface area contributed by atoms with Gasteiger partial charge >= 0.3 is 0 Å². The van der Waals surface area contributed by atoms with Crippen LogP contribution in [-0.4, -0.2) is 41.1 Å². The summed E-state index contributed by atoms with van der Waals surface area (Å²) in [4.78, 5) is 0.184. The molecule has 1 aromatic rings. The van der Waals surface area contributed by atoms with Crippen molar-refractivity contribution < 1.29 is 13.2 Å². The van der Waals surface area contributed by atoms with Crippen molar-refractivity contribution in [3.8, 4) is 5.75 Å². The Labute approximate surface area is 119 Å². The summed E-state index contributed by atoms with van der Waals surface area (Å²) in [6.45, 7) is 1.01. The Bertz CT molecular complexity index is 504. The minimum absolute atomic E-state index is 0.184. The van der Waals surface area contributed by atoms with Crippen LogP contribution in [0.2, 0.25) is 0 Å². The highest BCUT2D eigenvalue weighted by atomic mass is 32.2. The molecule has 0 aliphatic carbocycles. The molecule has 0 spiro atoms. The summed E-state index contributed by atoms with van der Waals surface area (Å²) in [5.74, 6) is 1.09. The number of methoxy groups -OCH3 is 1. The van der Waals surface area contributed by atoms with Gasteiger partial charge in [0.05, 0.1) is 7.11 Å². The lowest BCUT2D eigenvalue weighted by molar-refractivity contribution is 0.402. The van der Waals surface area contributed by atoms with Gasteiger partial charge in [-0.1, -0.05) is 6.07 Å². The van der Waals surface area contributed by atoms with Crippen LogP contribution in [0.25, 0.3) is 0 Å². The average molecular weight is 304 g/mol. The molecule has 0 saturated heterocycles. The van der Waals surface area contributed by atoms with E-state index >= 15 is 0 Å². The molecular weight excluding hydrogens is 284 g/mol. The molecule has 0 unspecified atom stereocenters. The quantitative estimate of drug-likeness (QED) is 0.703. The molecular formula is C12H20N2O3S2. The Morgan fingerprint density at radius 1 is 1.37 bits per heavy atom. The van der Waals surface area contributed by atoms with Crippen molar-refractivity contribution >= 4 is 21.8 Å². The van der Waals surface area contributed by atoms with Gasteiger partial charge in [-0.2, -0.15) is 11.8 Å². The van der Waals surface area contributed by atoms with Gasteiger partial charge in [-0.25, -0.2) is 13.1 Å². The number of thioether (sulfide) groups is 1. The van der Waals surface area contributed by atoms with Crippen molar-refractivity contribution in [3.63, 3.8) is 0 Å². The molecule has 19 heavy (non-hydrogen) atoms. The maximum Gasteiger partial charge on any atom is 0.244 e. The molecule has 2 N–H and O–H groups in total. The van der Waals surface area contributed by atoms with Gasteiger partial charge in [0.15, 0.2) is 0 Å². The summed E-state index contributed by atoms with van der Waals surface area (Å²) < 4.78 is 32.1. The average Bonchev–Trinajstić information content (AvgIpc) is 2.39. The summed E-state index contributed by atoms with van der Waals surface area (Å²) in [6.07, 6.45) is 1.93. The number of nitrogens with one attached hydrogen (secondary N) is 2. The van der Waals surface area contributed by atoms with Gasteiger partial charge in [0.25, 0.3) is 0 Å². The molecule has 108 valence electrons. The van der Waals surface area contributed by atoms with Crippen LogP contribution in [0.1, 0.15) is 5.56 Å². The van der Waals surface area contributed by atoms with Gasteiger partial charge < -0.3 is 10.1 Å². The summed E-state index contributed by atoms with van der Waals surface area (Å²) in [6, 6.07) is 5.16. The number of hydrogen-bond donors (Lipinski definition) is 2. The zero-order chi connectivity index (χ0) is 14.3. The second-order valence-corrected chi connectivity index (χ2v) is 6.63. The first kappa shape index (κ1) is 16.3. The van der Waals surface area contributed by atoms with E-state index in [1.165, 1.54) is 7.11 Å². The molecule has 0 radical (unpaired) electrons. The van der Waals surface area contributed by atoms with Crippen molar-refractivity contribution in [1.29, 1.82) is 0 Å². The standard InChI is InChI=1S/C12H20N2O3S2/c1-13-9-10-4-5-11(17-2)12(8-10)19(15,16)14-6-7-18-3/h4-5,8,13-14H,6-7,9H2,1-3H3. The van der Waals surface area contributed by atoms with E-state index in [2.05, 4.69) is 10.0 Å². The molecule has 0 heterocycles. The third kappa shape index (κ3) is 4.68. The Kier molecular flexibility index (Phi) is 6.64. The third-order valence-electron chi connectivity index (χ3n) is 2.50. The van der Waals surface area contributed by atoms with Crippen LogP contribution < -0.4 is 14.8 Å². The number of rotatable bonds is 8. The Hall–Kier alpha value is -0.760. The van der Waals surface area contributed by atoms with E-state index in [0.717, 1.165) is 11.3 Å². The fourth-order valence-electron chi connectivity index (χ4n) is 1.60. The summed E-state index contributed by atoms with van der Waals surface area (Å²) in [5, 5.41) is 2.99. The molecule has 0 bridgehead atoms. The monoisotopic (exact) mass is 304 g/mol. The molecule has 0 aliphatic rings. The molecule has 0 fully saturated rings. The van der Waals surface area contributed by atoms with Crippen LogP contribution >= 0.6 is 11.8 Å². The molecule has 0 amide bonds. The van der Waals surface area contributed by atoms with Gasteiger partial charge in [-0.15, -0.1) is 0 Å². The fourth-order valence-corrected chi connectivity index (χ4v) is 3.29. The van der Waals surface area contributed by atoms with Gasteiger partial charge in [-0.05, 0) is 31.0 Å². The van der Waals surface area contributed by atoms with Gasteiger partial charge in [0.1, 0.15) is 10.6 Å². The van der Waals surface area contributed by atoms with E-state index in [4.69, 9.17) is 4.74 Å². The van der Waals surface area contributed by atoms with E-state index in [1.54, 1.807) is 23.9 Å². The van der Waals surface area contributed by atoms with Crippen LogP contribution in [-0.2, 0) is 16.6 Å². The van der Waals surface area contributed by atoms with Crippen LogP contribution in [0.5, 0.6) is 5.75 Å². The van der Waals surface area contributed by atoms with E-state index in [1.807, 2.05) is 19.4 Å².